The highest BCUT2D eigenvalue weighted by Crippen LogP contribution is 2.40. The molecule has 2 atom stereocenters. The van der Waals surface area contributed by atoms with Crippen molar-refractivity contribution in [3.8, 4) is 11.6 Å². The number of aromatic nitrogens is 2. The Kier molecular flexibility index (Phi) is 7.22. The average Bonchev–Trinajstić information content (AvgIpc) is 3.16. The van der Waals surface area contributed by atoms with Crippen LogP contribution in [0.2, 0.25) is 5.02 Å². The molecule has 1 aliphatic rings. The van der Waals surface area contributed by atoms with Gasteiger partial charge in [0.1, 0.15) is 17.2 Å². The maximum absolute atomic E-state index is 14.1. The van der Waals surface area contributed by atoms with Gasteiger partial charge in [-0.2, -0.15) is 0 Å². The van der Waals surface area contributed by atoms with E-state index < -0.39 is 5.82 Å². The summed E-state index contributed by atoms with van der Waals surface area (Å²) in [4.78, 5) is 33.3. The number of pyridine rings is 2. The lowest BCUT2D eigenvalue weighted by atomic mass is 9.87. The minimum atomic E-state index is -0.643. The molecule has 0 bridgehead atoms. The third-order valence-corrected chi connectivity index (χ3v) is 6.34. The number of rotatable bonds is 7. The lowest BCUT2D eigenvalue weighted by molar-refractivity contribution is -0.122. The summed E-state index contributed by atoms with van der Waals surface area (Å²) >= 11 is 5.75. The molecule has 0 saturated heterocycles. The van der Waals surface area contributed by atoms with Gasteiger partial charge >= 0.3 is 0 Å². The van der Waals surface area contributed by atoms with E-state index in [2.05, 4.69) is 15.3 Å². The van der Waals surface area contributed by atoms with Gasteiger partial charge in [-0.1, -0.05) is 17.7 Å². The van der Waals surface area contributed by atoms with Gasteiger partial charge in [0, 0.05) is 30.8 Å². The zero-order valence-corrected chi connectivity index (χ0v) is 19.7. The molecule has 1 N–H and O–H groups in total. The van der Waals surface area contributed by atoms with Gasteiger partial charge in [0.15, 0.2) is 5.82 Å². The number of halogens is 2. The van der Waals surface area contributed by atoms with E-state index in [1.807, 2.05) is 13.8 Å². The Labute approximate surface area is 202 Å². The van der Waals surface area contributed by atoms with Crippen LogP contribution in [0, 0.1) is 25.6 Å². The molecular formula is C26H25ClFN3O3. The molecule has 1 fully saturated rings. The molecule has 1 saturated carbocycles. The van der Waals surface area contributed by atoms with Crippen molar-refractivity contribution in [3.05, 3.63) is 82.0 Å². The summed E-state index contributed by atoms with van der Waals surface area (Å²) in [6, 6.07) is 9.91. The lowest BCUT2D eigenvalue weighted by Gasteiger charge is -2.18. The third kappa shape index (κ3) is 5.25. The van der Waals surface area contributed by atoms with Gasteiger partial charge < -0.3 is 10.1 Å². The Bertz CT molecular complexity index is 1200. The van der Waals surface area contributed by atoms with Crippen molar-refractivity contribution >= 4 is 23.3 Å². The number of benzene rings is 1. The summed E-state index contributed by atoms with van der Waals surface area (Å²) in [6.45, 7) is 4.27. The molecule has 176 valence electrons. The number of carbonyl (C=O) groups excluding carboxylic acids is 2. The van der Waals surface area contributed by atoms with Crippen LogP contribution in [-0.4, -0.2) is 28.2 Å². The summed E-state index contributed by atoms with van der Waals surface area (Å²) in [6.07, 6.45) is 5.02. The minimum absolute atomic E-state index is 0.101. The number of ketones is 1. The first-order valence-electron chi connectivity index (χ1n) is 11.2. The van der Waals surface area contributed by atoms with Crippen molar-refractivity contribution in [1.82, 2.24) is 15.3 Å². The fourth-order valence-corrected chi connectivity index (χ4v) is 4.73. The molecule has 1 aliphatic carbocycles. The maximum atomic E-state index is 14.1. The van der Waals surface area contributed by atoms with Crippen LogP contribution in [0.3, 0.4) is 0 Å². The number of aryl methyl sites for hydroxylation is 2. The van der Waals surface area contributed by atoms with E-state index >= 15 is 0 Å². The number of Topliss-reactive ketones (excluding diaryl/α,β-unsaturated/α-hetero) is 1. The van der Waals surface area contributed by atoms with Crippen molar-refractivity contribution in [1.29, 1.82) is 0 Å². The van der Waals surface area contributed by atoms with Crippen molar-refractivity contribution < 1.29 is 18.7 Å². The van der Waals surface area contributed by atoms with Gasteiger partial charge in [0.05, 0.1) is 5.02 Å². The Morgan fingerprint density at radius 2 is 1.94 bits per heavy atom. The zero-order valence-electron chi connectivity index (χ0n) is 19.0. The third-order valence-electron chi connectivity index (χ3n) is 6.13. The topological polar surface area (TPSA) is 81.2 Å². The van der Waals surface area contributed by atoms with Gasteiger partial charge in [-0.05, 0) is 80.1 Å². The number of nitrogens with zero attached hydrogens (tertiary/aromatic N) is 2. The van der Waals surface area contributed by atoms with E-state index in [1.165, 1.54) is 6.20 Å². The van der Waals surface area contributed by atoms with Gasteiger partial charge in [0.25, 0.3) is 11.8 Å². The highest BCUT2D eigenvalue weighted by atomic mass is 35.5. The Balaban J connectivity index is 1.40. The molecule has 1 aromatic carbocycles. The molecule has 6 nitrogen and oxygen atoms in total. The molecule has 4 rings (SSSR count). The number of nitrogens with one attached hydrogen (secondary N) is 1. The van der Waals surface area contributed by atoms with E-state index in [4.69, 9.17) is 16.3 Å². The SMILES string of the molecule is Cc1cc(Oc2ncc(Cl)cc2F)cc(C)c1C1CCC(CCNC(=O)c2ccccn2)C1=O. The van der Waals surface area contributed by atoms with Gasteiger partial charge in [-0.3, -0.25) is 14.6 Å². The van der Waals surface area contributed by atoms with E-state index in [0.717, 1.165) is 35.6 Å². The number of amides is 1. The standard InChI is InChI=1S/C26H25ClFN3O3/c1-15-11-19(34-26-21(28)13-18(27)14-31-26)12-16(2)23(15)20-7-6-17(24(20)32)8-10-30-25(33)22-5-3-4-9-29-22/h3-5,9,11-14,17,20H,6-8,10H2,1-2H3,(H,30,33). The van der Waals surface area contributed by atoms with Crippen LogP contribution in [-0.2, 0) is 4.79 Å². The summed E-state index contributed by atoms with van der Waals surface area (Å²) in [5.74, 6) is -0.691. The Morgan fingerprint density at radius 1 is 1.18 bits per heavy atom. The largest absolute Gasteiger partial charge is 0.436 e. The Morgan fingerprint density at radius 3 is 2.62 bits per heavy atom. The first-order valence-corrected chi connectivity index (χ1v) is 11.5. The number of hydrogen-bond donors (Lipinski definition) is 1. The van der Waals surface area contributed by atoms with Crippen molar-refractivity contribution in [3.63, 3.8) is 0 Å². The predicted molar refractivity (Wildman–Crippen MR) is 127 cm³/mol. The monoisotopic (exact) mass is 481 g/mol. The molecule has 2 unspecified atom stereocenters. The summed E-state index contributed by atoms with van der Waals surface area (Å²) in [5.41, 5.74) is 3.17. The van der Waals surface area contributed by atoms with E-state index in [1.54, 1.807) is 36.5 Å². The molecule has 0 radical (unpaired) electrons. The second kappa shape index (κ2) is 10.3. The summed E-state index contributed by atoms with van der Waals surface area (Å²) < 4.78 is 19.7. The predicted octanol–water partition coefficient (Wildman–Crippen LogP) is 5.56. The van der Waals surface area contributed by atoms with E-state index in [-0.39, 0.29) is 34.4 Å². The van der Waals surface area contributed by atoms with E-state index in [9.17, 15) is 14.0 Å². The molecular weight excluding hydrogens is 457 g/mol. The van der Waals surface area contributed by atoms with Crippen molar-refractivity contribution in [2.45, 2.75) is 39.0 Å². The normalized spacial score (nSPS) is 17.6. The first-order chi connectivity index (χ1) is 16.3. The van der Waals surface area contributed by atoms with Crippen LogP contribution in [0.4, 0.5) is 4.39 Å². The van der Waals surface area contributed by atoms with Crippen LogP contribution in [0.5, 0.6) is 11.6 Å². The lowest BCUT2D eigenvalue weighted by Crippen LogP contribution is -2.27. The van der Waals surface area contributed by atoms with Crippen LogP contribution >= 0.6 is 11.6 Å². The molecule has 8 heteroatoms. The molecule has 0 spiro atoms. The molecule has 34 heavy (non-hydrogen) atoms. The number of carbonyl (C=O) groups is 2. The second-order valence-electron chi connectivity index (χ2n) is 8.50. The van der Waals surface area contributed by atoms with Crippen LogP contribution in [0.1, 0.15) is 52.4 Å². The van der Waals surface area contributed by atoms with Crippen molar-refractivity contribution in [2.24, 2.45) is 5.92 Å². The summed E-state index contributed by atoms with van der Waals surface area (Å²) in [5, 5.41) is 3.04. The number of ether oxygens (including phenoxy) is 1. The smallest absolute Gasteiger partial charge is 0.269 e. The van der Waals surface area contributed by atoms with E-state index in [0.29, 0.717) is 24.4 Å². The van der Waals surface area contributed by atoms with Crippen LogP contribution < -0.4 is 10.1 Å². The Hall–Kier alpha value is -3.32. The second-order valence-corrected chi connectivity index (χ2v) is 8.94. The quantitative estimate of drug-likeness (QED) is 0.477. The van der Waals surface area contributed by atoms with Gasteiger partial charge in [-0.25, -0.2) is 9.37 Å². The van der Waals surface area contributed by atoms with Crippen LogP contribution in [0.15, 0.2) is 48.8 Å². The number of hydrogen-bond acceptors (Lipinski definition) is 5. The highest BCUT2D eigenvalue weighted by molar-refractivity contribution is 6.30. The fraction of sp³-hybridized carbons (Fsp3) is 0.308. The van der Waals surface area contributed by atoms with Crippen LogP contribution in [0.25, 0.3) is 0 Å². The zero-order chi connectivity index (χ0) is 24.2. The van der Waals surface area contributed by atoms with Crippen molar-refractivity contribution in [2.75, 3.05) is 6.54 Å². The average molecular weight is 482 g/mol. The molecule has 2 aromatic heterocycles. The molecule has 3 aromatic rings. The minimum Gasteiger partial charge on any atom is -0.436 e. The highest BCUT2D eigenvalue weighted by Gasteiger charge is 2.36. The molecule has 1 amide bonds. The van der Waals surface area contributed by atoms with Gasteiger partial charge in [0.2, 0.25) is 0 Å². The fourth-order valence-electron chi connectivity index (χ4n) is 4.59. The molecule has 0 aliphatic heterocycles. The maximum Gasteiger partial charge on any atom is 0.269 e. The van der Waals surface area contributed by atoms with Gasteiger partial charge in [-0.15, -0.1) is 0 Å². The first kappa shape index (κ1) is 23.8. The molecule has 2 heterocycles. The summed E-state index contributed by atoms with van der Waals surface area (Å²) in [7, 11) is 0.